The second-order valence-electron chi connectivity index (χ2n) is 14.9. The lowest BCUT2D eigenvalue weighted by Crippen LogP contribution is -2.70. The molecule has 0 aromatic rings. The number of hydrogen-bond acceptors (Lipinski definition) is 26. The van der Waals surface area contributed by atoms with Crippen LogP contribution in [0, 0.1) is 0 Å². The van der Waals surface area contributed by atoms with Crippen LogP contribution < -0.4 is 5.32 Å². The number of aliphatic hydroxyl groups is 15. The van der Waals surface area contributed by atoms with Crippen molar-refractivity contribution in [3.63, 3.8) is 0 Å². The molecule has 5 rings (SSSR count). The molecule has 0 aromatic heterocycles. The van der Waals surface area contributed by atoms with Crippen molar-refractivity contribution >= 4 is 5.91 Å². The molecule has 0 aliphatic carbocycles. The molecular weight excluding hydrogens is 840 g/mol. The number of hydrogen-bond donors (Lipinski definition) is 16. The van der Waals surface area contributed by atoms with Gasteiger partial charge in [-0.1, -0.05) is 5.11 Å². The predicted octanol–water partition coefficient (Wildman–Crippen LogP) is -10.5. The van der Waals surface area contributed by atoms with E-state index in [1.54, 1.807) is 0 Å². The van der Waals surface area contributed by atoms with Crippen molar-refractivity contribution in [2.24, 2.45) is 5.11 Å². The van der Waals surface area contributed by atoms with Crippen molar-refractivity contribution in [2.75, 3.05) is 33.0 Å². The molecule has 0 saturated carbocycles. The zero-order valence-electron chi connectivity index (χ0n) is 32.1. The highest BCUT2D eigenvalue weighted by Crippen LogP contribution is 2.36. The number of carbonyl (C=O) groups excluding carboxylic acids is 1. The van der Waals surface area contributed by atoms with E-state index in [4.69, 9.17) is 48.2 Å². The van der Waals surface area contributed by atoms with Crippen molar-refractivity contribution in [2.45, 2.75) is 160 Å². The molecule has 10 unspecified atom stereocenters. The summed E-state index contributed by atoms with van der Waals surface area (Å²) in [6, 6.07) is -1.74. The van der Waals surface area contributed by atoms with Crippen LogP contribution in [-0.4, -0.2) is 269 Å². The summed E-state index contributed by atoms with van der Waals surface area (Å²) in [5, 5.41) is 164. The fraction of sp³-hybridized carbons (Fsp3) is 0.969. The first-order valence-corrected chi connectivity index (χ1v) is 19.0. The Morgan fingerprint density at radius 1 is 0.492 bits per heavy atom. The van der Waals surface area contributed by atoms with Crippen LogP contribution in [-0.2, 0) is 47.4 Å². The molecule has 25 atom stereocenters. The molecule has 0 radical (unpaired) electrons. The number of nitrogens with one attached hydrogen (secondary N) is 1. The third-order valence-corrected chi connectivity index (χ3v) is 10.9. The van der Waals surface area contributed by atoms with Crippen molar-refractivity contribution in [1.82, 2.24) is 5.32 Å². The average molecular weight is 895 g/mol. The molecule has 5 heterocycles. The maximum absolute atomic E-state index is 12.4. The zero-order chi connectivity index (χ0) is 45.0. The Morgan fingerprint density at radius 3 is 1.34 bits per heavy atom. The zero-order valence-corrected chi connectivity index (χ0v) is 32.1. The summed E-state index contributed by atoms with van der Waals surface area (Å²) in [6.45, 7) is -3.63. The minimum Gasteiger partial charge on any atom is -0.394 e. The summed E-state index contributed by atoms with van der Waals surface area (Å²) in [4.78, 5) is 14.9. The van der Waals surface area contributed by atoms with Gasteiger partial charge in [-0.05, 0) is 5.53 Å². The number of aliphatic hydroxyl groups excluding tert-OH is 15. The molecule has 5 aliphatic rings. The van der Waals surface area contributed by atoms with Gasteiger partial charge >= 0.3 is 0 Å². The first-order valence-electron chi connectivity index (χ1n) is 19.0. The smallest absolute Gasteiger partial charge is 0.217 e. The van der Waals surface area contributed by atoms with Crippen LogP contribution in [0.4, 0.5) is 0 Å². The standard InChI is InChI=1S/C32H54N4O25/c1-7(42)34-13-17(46)24(58-31-23(52)27(16(45)10(4-39)55-31)61-30-21(50)18(47)14(43)8(2-37)54-30)12(6-41)57-29(13)60-26-15(44)9(3-38)56-32(22(26)51)59-25-11(5-40)53-28(35-36-33)20(49)19(25)48/h8-32,37-41,43-52H,2-6H2,1H3,(H,34,42)/t8?,9?,10?,11?,12?,13?,14-,15-,16-,17+,18-,19+,20?,21?,22?,23?,24-,25-,26-,27-,28+,29-,30-,31-,32-/m0/s1. The van der Waals surface area contributed by atoms with E-state index >= 15 is 0 Å². The molecule has 5 aliphatic heterocycles. The van der Waals surface area contributed by atoms with Gasteiger partial charge in [-0.2, -0.15) is 0 Å². The molecule has 5 saturated heterocycles. The third-order valence-electron chi connectivity index (χ3n) is 10.9. The number of carbonyl (C=O) groups is 1. The Hall–Kier alpha value is -2.18. The highest BCUT2D eigenvalue weighted by Gasteiger charge is 2.57. The van der Waals surface area contributed by atoms with Crippen LogP contribution in [0.1, 0.15) is 6.92 Å². The Bertz CT molecular complexity index is 1450. The number of amides is 1. The molecule has 0 aromatic carbocycles. The molecule has 29 heteroatoms. The molecule has 0 spiro atoms. The van der Waals surface area contributed by atoms with Crippen molar-refractivity contribution < 1.29 is 124 Å². The Kier molecular flexibility index (Phi) is 17.7. The van der Waals surface area contributed by atoms with Gasteiger partial charge in [-0.25, -0.2) is 0 Å². The van der Waals surface area contributed by atoms with E-state index in [2.05, 4.69) is 15.3 Å². The van der Waals surface area contributed by atoms with Crippen LogP contribution in [0.3, 0.4) is 0 Å². The van der Waals surface area contributed by atoms with E-state index in [0.717, 1.165) is 6.92 Å². The monoisotopic (exact) mass is 894 g/mol. The van der Waals surface area contributed by atoms with Gasteiger partial charge in [-0.3, -0.25) is 4.79 Å². The first kappa shape index (κ1) is 49.8. The SMILES string of the molecule is CC(=O)NC1[C@H](O[C@@H]2C(O)[C@H](O[C@H]3C(CO)O[C@@H](N=[N+]=[N-])C(O)[C@H]3O)OC(CO)[C@@H]2O)OC(CO)[C@H](O[C@@H]2OC(CO)[C@H](O)[C@H](O[C@@H]3OC(CO)[C@H](O)[C@H](O)C3O)C2O)[C@@H]1O. The van der Waals surface area contributed by atoms with Gasteiger partial charge in [0, 0.05) is 11.8 Å². The Morgan fingerprint density at radius 2 is 0.885 bits per heavy atom. The van der Waals surface area contributed by atoms with Crippen molar-refractivity contribution in [3.05, 3.63) is 10.4 Å². The van der Waals surface area contributed by atoms with Gasteiger partial charge < -0.3 is 125 Å². The number of azide groups is 1. The minimum atomic E-state index is -2.11. The summed E-state index contributed by atoms with van der Waals surface area (Å²) in [7, 11) is 0. The maximum Gasteiger partial charge on any atom is 0.217 e. The van der Waals surface area contributed by atoms with Crippen LogP contribution in [0.5, 0.6) is 0 Å². The molecule has 16 N–H and O–H groups in total. The van der Waals surface area contributed by atoms with Crippen molar-refractivity contribution in [3.8, 4) is 0 Å². The minimum absolute atomic E-state index is 0.825. The van der Waals surface area contributed by atoms with Gasteiger partial charge in [0.05, 0.1) is 33.0 Å². The summed E-state index contributed by atoms with van der Waals surface area (Å²) in [6.07, 6.45) is -44.2. The number of ether oxygens (including phenoxy) is 9. The van der Waals surface area contributed by atoms with E-state index in [9.17, 15) is 81.4 Å². The summed E-state index contributed by atoms with van der Waals surface area (Å²) in [5.41, 5.74) is 8.77. The molecule has 352 valence electrons. The van der Waals surface area contributed by atoms with E-state index in [0.29, 0.717) is 0 Å². The van der Waals surface area contributed by atoms with Gasteiger partial charge in [-0.15, -0.1) is 0 Å². The largest absolute Gasteiger partial charge is 0.394 e. The molecule has 61 heavy (non-hydrogen) atoms. The second-order valence-corrected chi connectivity index (χ2v) is 14.9. The molecular formula is C32H54N4O25. The third kappa shape index (κ3) is 10.5. The van der Waals surface area contributed by atoms with Crippen LogP contribution in [0.25, 0.3) is 10.4 Å². The summed E-state index contributed by atoms with van der Waals surface area (Å²) in [5.74, 6) is -0.825. The van der Waals surface area contributed by atoms with Crippen LogP contribution in [0.2, 0.25) is 0 Å². The Labute approximate surface area is 344 Å². The quantitative estimate of drug-likeness (QED) is 0.0412. The lowest BCUT2D eigenvalue weighted by molar-refractivity contribution is -0.385. The van der Waals surface area contributed by atoms with E-state index < -0.39 is 192 Å². The van der Waals surface area contributed by atoms with Crippen LogP contribution >= 0.6 is 0 Å². The lowest BCUT2D eigenvalue weighted by Gasteiger charge is -2.50. The highest BCUT2D eigenvalue weighted by molar-refractivity contribution is 5.73. The maximum atomic E-state index is 12.4. The predicted molar refractivity (Wildman–Crippen MR) is 185 cm³/mol. The summed E-state index contributed by atoms with van der Waals surface area (Å²) >= 11 is 0. The van der Waals surface area contributed by atoms with Gasteiger partial charge in [0.25, 0.3) is 0 Å². The van der Waals surface area contributed by atoms with Gasteiger partial charge in [0.2, 0.25) is 5.91 Å². The fourth-order valence-corrected chi connectivity index (χ4v) is 7.57. The van der Waals surface area contributed by atoms with Crippen LogP contribution in [0.15, 0.2) is 5.11 Å². The molecule has 29 nitrogen and oxygen atoms in total. The summed E-state index contributed by atoms with van der Waals surface area (Å²) < 4.78 is 50.4. The average Bonchev–Trinajstić information content (AvgIpc) is 3.24. The van der Waals surface area contributed by atoms with Gasteiger partial charge in [0.15, 0.2) is 31.4 Å². The normalized spacial score (nSPS) is 49.5. The van der Waals surface area contributed by atoms with Gasteiger partial charge in [0.1, 0.15) is 122 Å². The Balaban J connectivity index is 1.35. The molecule has 1 amide bonds. The first-order chi connectivity index (χ1) is 29.0. The topological polar surface area (TPSA) is 464 Å². The fourth-order valence-electron chi connectivity index (χ4n) is 7.57. The second kappa shape index (κ2) is 21.7. The molecule has 5 fully saturated rings. The number of nitrogens with zero attached hydrogens (tertiary/aromatic N) is 3. The molecule has 0 bridgehead atoms. The van der Waals surface area contributed by atoms with E-state index in [1.165, 1.54) is 0 Å². The van der Waals surface area contributed by atoms with E-state index in [-0.39, 0.29) is 0 Å². The highest BCUT2D eigenvalue weighted by atomic mass is 16.8. The van der Waals surface area contributed by atoms with E-state index in [1.807, 2.05) is 0 Å². The van der Waals surface area contributed by atoms with Crippen molar-refractivity contribution in [1.29, 1.82) is 0 Å². The number of rotatable bonds is 15. The lowest BCUT2D eigenvalue weighted by atomic mass is 9.94.